The third-order valence-corrected chi connectivity index (χ3v) is 1.34. The number of carboxylic acids is 1. The lowest BCUT2D eigenvalue weighted by atomic mass is 10.1. The summed E-state index contributed by atoms with van der Waals surface area (Å²) in [7, 11) is 0. The zero-order valence-corrected chi connectivity index (χ0v) is 7.13. The van der Waals surface area contributed by atoms with Crippen molar-refractivity contribution in [3.63, 3.8) is 0 Å². The van der Waals surface area contributed by atoms with Crippen LogP contribution in [0.1, 0.15) is 6.92 Å². The molecular formula is C6H9F3N2O3. The van der Waals surface area contributed by atoms with Crippen LogP contribution in [-0.4, -0.2) is 35.2 Å². The zero-order chi connectivity index (χ0) is 11.5. The summed E-state index contributed by atoms with van der Waals surface area (Å²) in [5, 5.41) is 9.66. The molecule has 0 fully saturated rings. The normalized spacial score (nSPS) is 15.8. The Labute approximate surface area is 77.1 Å². The molecule has 0 aromatic rings. The van der Waals surface area contributed by atoms with Gasteiger partial charge in [-0.05, 0) is 6.92 Å². The van der Waals surface area contributed by atoms with Crippen molar-refractivity contribution in [1.29, 1.82) is 0 Å². The van der Waals surface area contributed by atoms with Crippen molar-refractivity contribution >= 4 is 11.9 Å². The Morgan fingerprint density at radius 1 is 1.43 bits per heavy atom. The summed E-state index contributed by atoms with van der Waals surface area (Å²) >= 11 is 0. The molecule has 0 spiro atoms. The predicted molar refractivity (Wildman–Crippen MR) is 39.3 cm³/mol. The van der Waals surface area contributed by atoms with Crippen LogP contribution >= 0.6 is 0 Å². The second-order valence-corrected chi connectivity index (χ2v) is 2.65. The number of carboxylic acid groups (broad SMARTS) is 1. The van der Waals surface area contributed by atoms with Crippen LogP contribution in [0.25, 0.3) is 0 Å². The van der Waals surface area contributed by atoms with Crippen LogP contribution in [-0.2, 0) is 9.59 Å². The molecule has 2 atom stereocenters. The SMILES string of the molecule is C[C@H](N)[C@H](NC(=O)C(F)(F)F)C(=O)O. The van der Waals surface area contributed by atoms with E-state index in [2.05, 4.69) is 0 Å². The summed E-state index contributed by atoms with van der Waals surface area (Å²) in [5.41, 5.74) is 5.07. The van der Waals surface area contributed by atoms with Crippen LogP contribution in [0.5, 0.6) is 0 Å². The maximum atomic E-state index is 11.7. The number of nitrogens with two attached hydrogens (primary N) is 1. The van der Waals surface area contributed by atoms with Gasteiger partial charge in [-0.3, -0.25) is 4.79 Å². The summed E-state index contributed by atoms with van der Waals surface area (Å²) in [4.78, 5) is 20.7. The Hall–Kier alpha value is -1.31. The second-order valence-electron chi connectivity index (χ2n) is 2.65. The lowest BCUT2D eigenvalue weighted by Gasteiger charge is -2.18. The number of rotatable bonds is 3. The van der Waals surface area contributed by atoms with Crippen LogP contribution in [0, 0.1) is 0 Å². The van der Waals surface area contributed by atoms with Gasteiger partial charge in [0, 0.05) is 6.04 Å². The van der Waals surface area contributed by atoms with Gasteiger partial charge >= 0.3 is 18.1 Å². The molecule has 0 unspecified atom stereocenters. The first-order valence-electron chi connectivity index (χ1n) is 3.52. The number of carbonyl (C=O) groups is 2. The number of nitrogens with one attached hydrogen (secondary N) is 1. The van der Waals surface area contributed by atoms with Crippen molar-refractivity contribution < 1.29 is 27.9 Å². The van der Waals surface area contributed by atoms with E-state index < -0.39 is 30.1 Å². The maximum Gasteiger partial charge on any atom is 0.471 e. The Morgan fingerprint density at radius 3 is 2.07 bits per heavy atom. The average Bonchev–Trinajstić information content (AvgIpc) is 1.96. The van der Waals surface area contributed by atoms with E-state index in [-0.39, 0.29) is 0 Å². The van der Waals surface area contributed by atoms with Gasteiger partial charge in [0.05, 0.1) is 0 Å². The lowest BCUT2D eigenvalue weighted by Crippen LogP contribution is -2.54. The highest BCUT2D eigenvalue weighted by Gasteiger charge is 2.41. The molecule has 0 aromatic heterocycles. The minimum atomic E-state index is -5.11. The molecule has 14 heavy (non-hydrogen) atoms. The molecule has 0 rings (SSSR count). The van der Waals surface area contributed by atoms with Crippen molar-refractivity contribution in [2.45, 2.75) is 25.2 Å². The van der Waals surface area contributed by atoms with E-state index in [4.69, 9.17) is 10.8 Å². The van der Waals surface area contributed by atoms with Crippen molar-refractivity contribution in [1.82, 2.24) is 5.32 Å². The minimum Gasteiger partial charge on any atom is -0.480 e. The lowest BCUT2D eigenvalue weighted by molar-refractivity contribution is -0.175. The first kappa shape index (κ1) is 12.7. The number of carbonyl (C=O) groups excluding carboxylic acids is 1. The van der Waals surface area contributed by atoms with Gasteiger partial charge in [0.25, 0.3) is 0 Å². The molecule has 0 aromatic carbocycles. The van der Waals surface area contributed by atoms with Crippen molar-refractivity contribution in [3.05, 3.63) is 0 Å². The van der Waals surface area contributed by atoms with Gasteiger partial charge in [-0.1, -0.05) is 0 Å². The fraction of sp³-hybridized carbons (Fsp3) is 0.667. The molecule has 0 saturated carbocycles. The van der Waals surface area contributed by atoms with Gasteiger partial charge < -0.3 is 16.2 Å². The van der Waals surface area contributed by atoms with E-state index in [1.165, 1.54) is 12.2 Å². The number of alkyl halides is 3. The molecule has 82 valence electrons. The monoisotopic (exact) mass is 214 g/mol. The summed E-state index contributed by atoms with van der Waals surface area (Å²) in [5.74, 6) is -3.93. The molecule has 0 bridgehead atoms. The highest BCUT2D eigenvalue weighted by atomic mass is 19.4. The van der Waals surface area contributed by atoms with E-state index in [1.54, 1.807) is 0 Å². The third kappa shape index (κ3) is 3.60. The summed E-state index contributed by atoms with van der Waals surface area (Å²) in [6.07, 6.45) is -5.11. The smallest absolute Gasteiger partial charge is 0.471 e. The van der Waals surface area contributed by atoms with Gasteiger partial charge in [0.15, 0.2) is 0 Å². The van der Waals surface area contributed by atoms with Gasteiger partial charge in [-0.25, -0.2) is 4.79 Å². The molecule has 0 saturated heterocycles. The van der Waals surface area contributed by atoms with Crippen molar-refractivity contribution in [2.24, 2.45) is 5.73 Å². The standard InChI is InChI=1S/C6H9F3N2O3/c1-2(10)3(4(12)13)11-5(14)6(7,8)9/h2-3H,10H2,1H3,(H,11,14)(H,12,13)/t2-,3-/m0/s1. The fourth-order valence-electron chi connectivity index (χ4n) is 0.641. The van der Waals surface area contributed by atoms with Crippen LogP contribution in [0.3, 0.4) is 0 Å². The van der Waals surface area contributed by atoms with E-state index in [0.717, 1.165) is 0 Å². The highest BCUT2D eigenvalue weighted by molar-refractivity contribution is 5.87. The Balaban J connectivity index is 4.48. The summed E-state index contributed by atoms with van der Waals surface area (Å²) in [6.45, 7) is 1.18. The molecule has 8 heteroatoms. The van der Waals surface area contributed by atoms with E-state index in [1.807, 2.05) is 0 Å². The van der Waals surface area contributed by atoms with Crippen LogP contribution in [0.2, 0.25) is 0 Å². The number of aliphatic carboxylic acids is 1. The zero-order valence-electron chi connectivity index (χ0n) is 7.13. The molecule has 0 heterocycles. The van der Waals surface area contributed by atoms with Gasteiger partial charge in [0.1, 0.15) is 6.04 Å². The van der Waals surface area contributed by atoms with Crippen LogP contribution in [0.15, 0.2) is 0 Å². The van der Waals surface area contributed by atoms with Crippen molar-refractivity contribution in [2.75, 3.05) is 0 Å². The molecule has 1 amide bonds. The maximum absolute atomic E-state index is 11.7. The van der Waals surface area contributed by atoms with E-state index >= 15 is 0 Å². The van der Waals surface area contributed by atoms with Gasteiger partial charge in [-0.15, -0.1) is 0 Å². The molecule has 0 aliphatic heterocycles. The molecule has 0 radical (unpaired) electrons. The van der Waals surface area contributed by atoms with Crippen LogP contribution in [0.4, 0.5) is 13.2 Å². The minimum absolute atomic E-state index is 1.11. The summed E-state index contributed by atoms with van der Waals surface area (Å²) < 4.78 is 35.1. The molecular weight excluding hydrogens is 205 g/mol. The predicted octanol–water partition coefficient (Wildman–Crippen LogP) is -0.535. The van der Waals surface area contributed by atoms with E-state index in [9.17, 15) is 22.8 Å². The van der Waals surface area contributed by atoms with Gasteiger partial charge in [0.2, 0.25) is 0 Å². The molecule has 4 N–H and O–H groups in total. The molecule has 5 nitrogen and oxygen atoms in total. The third-order valence-electron chi connectivity index (χ3n) is 1.34. The number of hydrogen-bond donors (Lipinski definition) is 3. The quantitative estimate of drug-likeness (QED) is 0.588. The topological polar surface area (TPSA) is 92.4 Å². The Bertz CT molecular complexity index is 239. The molecule has 0 aliphatic rings. The summed E-state index contributed by atoms with van der Waals surface area (Å²) in [6, 6.07) is -2.86. The second kappa shape index (κ2) is 4.27. The first-order valence-corrected chi connectivity index (χ1v) is 3.52. The highest BCUT2D eigenvalue weighted by Crippen LogP contribution is 2.14. The average molecular weight is 214 g/mol. The first-order chi connectivity index (χ1) is 6.16. The van der Waals surface area contributed by atoms with Crippen molar-refractivity contribution in [3.8, 4) is 0 Å². The fourth-order valence-corrected chi connectivity index (χ4v) is 0.641. The Morgan fingerprint density at radius 2 is 1.86 bits per heavy atom. The number of halogens is 3. The van der Waals surface area contributed by atoms with Crippen LogP contribution < -0.4 is 11.1 Å². The molecule has 0 aliphatic carbocycles. The Kier molecular flexibility index (Phi) is 3.87. The van der Waals surface area contributed by atoms with Gasteiger partial charge in [-0.2, -0.15) is 13.2 Å². The van der Waals surface area contributed by atoms with E-state index in [0.29, 0.717) is 0 Å². The number of amides is 1. The number of hydrogen-bond acceptors (Lipinski definition) is 3. The largest absolute Gasteiger partial charge is 0.480 e.